The minimum atomic E-state index is 0.370. The van der Waals surface area contributed by atoms with Crippen LogP contribution < -0.4 is 0 Å². The number of benzene rings is 7. The van der Waals surface area contributed by atoms with Gasteiger partial charge in [-0.3, -0.25) is 0 Å². The van der Waals surface area contributed by atoms with Crippen molar-refractivity contribution in [3.8, 4) is 55.6 Å². The molecule has 7 aromatic rings. The van der Waals surface area contributed by atoms with Gasteiger partial charge in [-0.2, -0.15) is 0 Å². The van der Waals surface area contributed by atoms with Gasteiger partial charge in [-0.1, -0.05) is 155 Å². The van der Waals surface area contributed by atoms with E-state index in [0.29, 0.717) is 5.92 Å². The lowest BCUT2D eigenvalue weighted by molar-refractivity contribution is 0.730. The number of halogens is 1. The molecule has 0 heterocycles. The molecular weight excluding hydrogens is 620 g/mol. The lowest BCUT2D eigenvalue weighted by Crippen LogP contribution is -2.00. The van der Waals surface area contributed by atoms with Crippen LogP contribution in [0.25, 0.3) is 55.6 Å². The summed E-state index contributed by atoms with van der Waals surface area (Å²) >= 11 is 3.57. The summed E-state index contributed by atoms with van der Waals surface area (Å²) in [5.74, 6) is 0.370. The molecule has 46 heavy (non-hydrogen) atoms. The van der Waals surface area contributed by atoms with Crippen LogP contribution in [-0.2, 0) is 6.42 Å². The molecule has 0 aliphatic heterocycles. The molecule has 0 amide bonds. The summed E-state index contributed by atoms with van der Waals surface area (Å²) in [7, 11) is 0. The molecule has 0 N–H and O–H groups in total. The Bertz CT molecular complexity index is 2090. The smallest absolute Gasteiger partial charge is 0.0175 e. The Morgan fingerprint density at radius 3 is 1.57 bits per heavy atom. The number of hydrogen-bond donors (Lipinski definition) is 0. The summed E-state index contributed by atoms with van der Waals surface area (Å²) in [6.07, 6.45) is 2.07. The molecule has 1 aliphatic rings. The summed E-state index contributed by atoms with van der Waals surface area (Å²) < 4.78 is 1.10. The van der Waals surface area contributed by atoms with Crippen molar-refractivity contribution in [3.63, 3.8) is 0 Å². The lowest BCUT2D eigenvalue weighted by atomic mass is 9.88. The Kier molecular flexibility index (Phi) is 7.70. The van der Waals surface area contributed by atoms with Gasteiger partial charge >= 0.3 is 0 Å². The highest BCUT2D eigenvalue weighted by atomic mass is 79.9. The minimum Gasteiger partial charge on any atom is -0.0622 e. The van der Waals surface area contributed by atoms with Crippen LogP contribution in [0.3, 0.4) is 0 Å². The Morgan fingerprint density at radius 1 is 0.370 bits per heavy atom. The first-order valence-electron chi connectivity index (χ1n) is 16.0. The van der Waals surface area contributed by atoms with Crippen LogP contribution in [-0.4, -0.2) is 0 Å². The molecule has 1 aliphatic carbocycles. The van der Waals surface area contributed by atoms with Crippen LogP contribution in [0.5, 0.6) is 0 Å². The lowest BCUT2D eigenvalue weighted by Gasteiger charge is -2.16. The number of fused-ring (bicyclic) bond motifs is 3. The van der Waals surface area contributed by atoms with Crippen molar-refractivity contribution in [3.05, 3.63) is 191 Å². The van der Waals surface area contributed by atoms with Crippen molar-refractivity contribution < 1.29 is 0 Å². The maximum atomic E-state index is 3.57. The Hall–Kier alpha value is -4.98. The van der Waals surface area contributed by atoms with Crippen LogP contribution in [0.15, 0.2) is 174 Å². The van der Waals surface area contributed by atoms with Crippen LogP contribution in [0.2, 0.25) is 0 Å². The summed E-state index contributed by atoms with van der Waals surface area (Å²) in [6, 6.07) is 62.3. The molecule has 1 heteroatoms. The fraction of sp³-hybridized carbons (Fsp3) is 0.0667. The van der Waals surface area contributed by atoms with Crippen LogP contribution in [0, 0.1) is 0 Å². The Morgan fingerprint density at radius 2 is 0.870 bits per heavy atom. The van der Waals surface area contributed by atoms with E-state index in [1.54, 1.807) is 0 Å². The average molecular weight is 654 g/mol. The molecule has 0 aromatic heterocycles. The molecule has 0 saturated heterocycles. The van der Waals surface area contributed by atoms with E-state index in [9.17, 15) is 0 Å². The molecule has 0 bridgehead atoms. The summed E-state index contributed by atoms with van der Waals surface area (Å²) in [5, 5.41) is 0. The summed E-state index contributed by atoms with van der Waals surface area (Å²) in [6.45, 7) is 0. The van der Waals surface area contributed by atoms with Crippen LogP contribution in [0.1, 0.15) is 29.0 Å². The molecular formula is C45H33Br. The third-order valence-corrected chi connectivity index (χ3v) is 9.89. The Balaban J connectivity index is 1.12. The van der Waals surface area contributed by atoms with Gasteiger partial charge in [0.05, 0.1) is 0 Å². The third-order valence-electron chi connectivity index (χ3n) is 9.36. The second-order valence-corrected chi connectivity index (χ2v) is 13.1. The highest BCUT2D eigenvalue weighted by molar-refractivity contribution is 9.10. The maximum absolute atomic E-state index is 3.57. The van der Waals surface area contributed by atoms with Gasteiger partial charge in [-0.15, -0.1) is 0 Å². The molecule has 0 saturated carbocycles. The Labute approximate surface area is 280 Å². The standard InChI is InChI=1S/C45H33Br/c46-40-22-19-34(20-23-40)35-14-9-15-36(28-35)37-21-25-44-43(41-16-7-8-17-42(41)45(44)30-37)24-18-31-26-38(32-10-3-1-4-11-32)29-39(27-31)33-12-5-2-6-13-33/h1-17,19-23,25-30,43H,18,24H2. The van der Waals surface area contributed by atoms with E-state index in [-0.39, 0.29) is 0 Å². The van der Waals surface area contributed by atoms with Crippen molar-refractivity contribution in [2.75, 3.05) is 0 Å². The normalized spacial score (nSPS) is 13.3. The molecule has 0 nitrogen and oxygen atoms in total. The number of hydrogen-bond acceptors (Lipinski definition) is 0. The zero-order valence-electron chi connectivity index (χ0n) is 25.5. The molecule has 8 rings (SSSR count). The predicted octanol–water partition coefficient (Wildman–Crippen LogP) is 12.9. The van der Waals surface area contributed by atoms with E-state index in [1.165, 1.54) is 72.3 Å². The van der Waals surface area contributed by atoms with Crippen molar-refractivity contribution in [2.45, 2.75) is 18.8 Å². The van der Waals surface area contributed by atoms with E-state index in [1.807, 2.05) is 0 Å². The van der Waals surface area contributed by atoms with Gasteiger partial charge in [0.1, 0.15) is 0 Å². The minimum absolute atomic E-state index is 0.370. The highest BCUT2D eigenvalue weighted by Gasteiger charge is 2.28. The van der Waals surface area contributed by atoms with E-state index < -0.39 is 0 Å². The zero-order valence-corrected chi connectivity index (χ0v) is 27.1. The van der Waals surface area contributed by atoms with Gasteiger partial charge in [0.25, 0.3) is 0 Å². The van der Waals surface area contributed by atoms with Gasteiger partial charge in [0.15, 0.2) is 0 Å². The summed E-state index contributed by atoms with van der Waals surface area (Å²) in [5.41, 5.74) is 17.0. The number of aryl methyl sites for hydroxylation is 1. The second-order valence-electron chi connectivity index (χ2n) is 12.2. The van der Waals surface area contributed by atoms with Crippen LogP contribution in [0.4, 0.5) is 0 Å². The van der Waals surface area contributed by atoms with Crippen LogP contribution >= 0.6 is 15.9 Å². The SMILES string of the molecule is Brc1ccc(-c2cccc(-c3ccc4c(c3)-c3ccccc3C4CCc3cc(-c4ccccc4)cc(-c4ccccc4)c3)c2)cc1. The van der Waals surface area contributed by atoms with Gasteiger partial charge in [0.2, 0.25) is 0 Å². The first kappa shape index (κ1) is 28.5. The fourth-order valence-electron chi connectivity index (χ4n) is 7.06. The molecule has 220 valence electrons. The third kappa shape index (κ3) is 5.64. The van der Waals surface area contributed by atoms with E-state index >= 15 is 0 Å². The highest BCUT2D eigenvalue weighted by Crippen LogP contribution is 2.48. The maximum Gasteiger partial charge on any atom is 0.0175 e. The molecule has 0 spiro atoms. The van der Waals surface area contributed by atoms with Crippen molar-refractivity contribution in [1.82, 2.24) is 0 Å². The quantitative estimate of drug-likeness (QED) is 0.161. The van der Waals surface area contributed by atoms with Gasteiger partial charge < -0.3 is 0 Å². The van der Waals surface area contributed by atoms with Gasteiger partial charge in [-0.05, 0) is 115 Å². The van der Waals surface area contributed by atoms with Crippen molar-refractivity contribution in [1.29, 1.82) is 0 Å². The first-order chi connectivity index (χ1) is 22.7. The average Bonchev–Trinajstić information content (AvgIpc) is 3.44. The van der Waals surface area contributed by atoms with E-state index in [4.69, 9.17) is 0 Å². The van der Waals surface area contributed by atoms with E-state index in [2.05, 4.69) is 186 Å². The second kappa shape index (κ2) is 12.4. The topological polar surface area (TPSA) is 0 Å². The molecule has 0 fully saturated rings. The molecule has 7 aromatic carbocycles. The summed E-state index contributed by atoms with van der Waals surface area (Å²) in [4.78, 5) is 0. The fourth-order valence-corrected chi connectivity index (χ4v) is 7.32. The number of rotatable bonds is 7. The molecule has 0 radical (unpaired) electrons. The van der Waals surface area contributed by atoms with Gasteiger partial charge in [-0.25, -0.2) is 0 Å². The van der Waals surface area contributed by atoms with Crippen molar-refractivity contribution >= 4 is 15.9 Å². The first-order valence-corrected chi connectivity index (χ1v) is 16.8. The van der Waals surface area contributed by atoms with E-state index in [0.717, 1.165) is 17.3 Å². The van der Waals surface area contributed by atoms with Crippen molar-refractivity contribution in [2.24, 2.45) is 0 Å². The zero-order chi connectivity index (χ0) is 30.9. The van der Waals surface area contributed by atoms with Gasteiger partial charge in [0, 0.05) is 10.4 Å². The monoisotopic (exact) mass is 652 g/mol. The molecule has 1 unspecified atom stereocenters. The largest absolute Gasteiger partial charge is 0.0622 e. The predicted molar refractivity (Wildman–Crippen MR) is 198 cm³/mol. The molecule has 1 atom stereocenters.